The van der Waals surface area contributed by atoms with E-state index < -0.39 is 5.97 Å². The average molecular weight is 687 g/mol. The van der Waals surface area contributed by atoms with Crippen LogP contribution in [0, 0.1) is 0 Å². The van der Waals surface area contributed by atoms with Crippen LogP contribution in [0.25, 0.3) is 0 Å². The quantitative estimate of drug-likeness (QED) is 0.0397. The number of allylic oxidation sites excluding steroid dienone is 5. The minimum absolute atomic E-state index is 0.0586. The van der Waals surface area contributed by atoms with Gasteiger partial charge in [0.2, 0.25) is 0 Å². The van der Waals surface area contributed by atoms with E-state index in [1.807, 2.05) is 0 Å². The molecule has 1 atom stereocenters. The number of ether oxygens (including phenoxy) is 1. The first-order valence-electron chi connectivity index (χ1n) is 21.5. The molecule has 0 radical (unpaired) electrons. The van der Waals surface area contributed by atoms with Gasteiger partial charge in [0.1, 0.15) is 6.10 Å². The van der Waals surface area contributed by atoms with Gasteiger partial charge in [-0.15, -0.1) is 0 Å². The van der Waals surface area contributed by atoms with E-state index in [-0.39, 0.29) is 18.5 Å². The maximum atomic E-state index is 12.6. The van der Waals surface area contributed by atoms with E-state index in [1.54, 1.807) is 0 Å². The summed E-state index contributed by atoms with van der Waals surface area (Å²) in [5.74, 6) is -0.763. The van der Waals surface area contributed by atoms with Crippen molar-refractivity contribution in [1.29, 1.82) is 0 Å². The van der Waals surface area contributed by atoms with Gasteiger partial charge in [-0.25, -0.2) is 0 Å². The summed E-state index contributed by atoms with van der Waals surface area (Å²) in [4.78, 5) is 23.3. The summed E-state index contributed by atoms with van der Waals surface area (Å²) in [6, 6.07) is 0. The molecule has 1 unspecified atom stereocenters. The molecule has 0 bridgehead atoms. The van der Waals surface area contributed by atoms with Crippen molar-refractivity contribution in [2.75, 3.05) is 0 Å². The lowest BCUT2D eigenvalue weighted by atomic mass is 10.0. The van der Waals surface area contributed by atoms with Crippen molar-refractivity contribution in [2.45, 2.75) is 238 Å². The van der Waals surface area contributed by atoms with Crippen LogP contribution in [-0.4, -0.2) is 23.1 Å². The third-order valence-corrected chi connectivity index (χ3v) is 9.61. The molecule has 0 aliphatic rings. The molecule has 1 N–H and O–H groups in total. The number of aliphatic carboxylic acids is 1. The van der Waals surface area contributed by atoms with Crippen LogP contribution in [0.2, 0.25) is 0 Å². The number of hydrogen-bond donors (Lipinski definition) is 1. The maximum absolute atomic E-state index is 12.6. The van der Waals surface area contributed by atoms with Gasteiger partial charge in [-0.1, -0.05) is 205 Å². The Morgan fingerprint density at radius 2 is 0.837 bits per heavy atom. The van der Waals surface area contributed by atoms with E-state index in [0.717, 1.165) is 77.0 Å². The topological polar surface area (TPSA) is 63.6 Å². The van der Waals surface area contributed by atoms with Gasteiger partial charge in [0.15, 0.2) is 0 Å². The molecule has 0 aliphatic heterocycles. The van der Waals surface area contributed by atoms with Gasteiger partial charge in [-0.2, -0.15) is 0 Å². The highest BCUT2D eigenvalue weighted by atomic mass is 16.5. The second kappa shape index (κ2) is 40.6. The Kier molecular flexibility index (Phi) is 39.1. The molecule has 0 saturated heterocycles. The zero-order valence-electron chi connectivity index (χ0n) is 32.8. The molecule has 4 heteroatoms. The normalized spacial score (nSPS) is 12.5. The van der Waals surface area contributed by atoms with Gasteiger partial charge in [0.05, 0.1) is 0 Å². The molecule has 0 aromatic heterocycles. The number of esters is 1. The lowest BCUT2D eigenvalue weighted by molar-refractivity contribution is -0.147. The standard InChI is InChI=1S/C45H82O4/c1-3-5-7-9-11-13-14-15-16-17-18-19-20-21-22-23-24-25-26-28-34-38-42-45(48)49-43(39-35-31-27-12-10-8-6-4-2)40-36-32-29-30-33-37-41-44(46)47/h6,8,12,27,35,39,43H,3-5,7,9-11,13-26,28-34,36-38,40-42H2,1-2H3,(H,46,47)/b8-6-,27-12-,39-35-. The smallest absolute Gasteiger partial charge is 0.306 e. The lowest BCUT2D eigenvalue weighted by Gasteiger charge is -2.14. The van der Waals surface area contributed by atoms with Crippen LogP contribution in [0.4, 0.5) is 0 Å². The molecule has 0 aliphatic carbocycles. The Morgan fingerprint density at radius 3 is 1.27 bits per heavy atom. The largest absolute Gasteiger partial charge is 0.481 e. The van der Waals surface area contributed by atoms with E-state index in [0.29, 0.717) is 6.42 Å². The molecule has 286 valence electrons. The molecule has 0 saturated carbocycles. The second-order valence-electron chi connectivity index (χ2n) is 14.5. The Balaban J connectivity index is 3.86. The summed E-state index contributed by atoms with van der Waals surface area (Å²) in [5, 5.41) is 8.78. The van der Waals surface area contributed by atoms with Crippen molar-refractivity contribution < 1.29 is 19.4 Å². The molecule has 0 aromatic carbocycles. The van der Waals surface area contributed by atoms with E-state index in [1.165, 1.54) is 128 Å². The lowest BCUT2D eigenvalue weighted by Crippen LogP contribution is -2.16. The average Bonchev–Trinajstić information content (AvgIpc) is 3.09. The van der Waals surface area contributed by atoms with Crippen LogP contribution in [0.15, 0.2) is 36.5 Å². The van der Waals surface area contributed by atoms with Crippen molar-refractivity contribution in [1.82, 2.24) is 0 Å². The van der Waals surface area contributed by atoms with Gasteiger partial charge in [-0.3, -0.25) is 9.59 Å². The number of hydrogen-bond acceptors (Lipinski definition) is 3. The number of carboxylic acids is 1. The zero-order valence-corrected chi connectivity index (χ0v) is 32.8. The van der Waals surface area contributed by atoms with Gasteiger partial charge in [0, 0.05) is 12.8 Å². The van der Waals surface area contributed by atoms with E-state index in [2.05, 4.69) is 50.3 Å². The van der Waals surface area contributed by atoms with Gasteiger partial charge >= 0.3 is 11.9 Å². The molecule has 0 aromatic rings. The molecule has 0 rings (SSSR count). The molecular formula is C45H82O4. The van der Waals surface area contributed by atoms with Gasteiger partial charge < -0.3 is 9.84 Å². The first-order chi connectivity index (χ1) is 24.1. The number of rotatable bonds is 39. The summed E-state index contributed by atoms with van der Waals surface area (Å²) in [6.07, 6.45) is 53.5. The zero-order chi connectivity index (χ0) is 35.7. The summed E-state index contributed by atoms with van der Waals surface area (Å²) < 4.78 is 5.90. The van der Waals surface area contributed by atoms with Crippen molar-refractivity contribution in [3.05, 3.63) is 36.5 Å². The van der Waals surface area contributed by atoms with Gasteiger partial charge in [0.25, 0.3) is 0 Å². The number of carboxylic acid groups (broad SMARTS) is 1. The fraction of sp³-hybridized carbons (Fsp3) is 0.822. The molecule has 0 heterocycles. The minimum atomic E-state index is -0.704. The Bertz CT molecular complexity index is 783. The van der Waals surface area contributed by atoms with E-state index in [9.17, 15) is 9.59 Å². The number of carbonyl (C=O) groups excluding carboxylic acids is 1. The van der Waals surface area contributed by atoms with Crippen LogP contribution in [0.5, 0.6) is 0 Å². The first-order valence-corrected chi connectivity index (χ1v) is 21.5. The number of carbonyl (C=O) groups is 2. The summed E-state index contributed by atoms with van der Waals surface area (Å²) in [5.41, 5.74) is 0. The fourth-order valence-corrected chi connectivity index (χ4v) is 6.47. The van der Waals surface area contributed by atoms with E-state index in [4.69, 9.17) is 9.84 Å². The van der Waals surface area contributed by atoms with Crippen LogP contribution >= 0.6 is 0 Å². The van der Waals surface area contributed by atoms with E-state index >= 15 is 0 Å². The van der Waals surface area contributed by atoms with Crippen LogP contribution in [0.3, 0.4) is 0 Å². The van der Waals surface area contributed by atoms with Crippen molar-refractivity contribution in [3.8, 4) is 0 Å². The highest BCUT2D eigenvalue weighted by Gasteiger charge is 2.11. The second-order valence-corrected chi connectivity index (χ2v) is 14.5. The highest BCUT2D eigenvalue weighted by Crippen LogP contribution is 2.17. The third-order valence-electron chi connectivity index (χ3n) is 9.61. The highest BCUT2D eigenvalue weighted by molar-refractivity contribution is 5.69. The first kappa shape index (κ1) is 47.2. The van der Waals surface area contributed by atoms with Crippen LogP contribution in [-0.2, 0) is 14.3 Å². The summed E-state index contributed by atoms with van der Waals surface area (Å²) in [7, 11) is 0. The van der Waals surface area contributed by atoms with Crippen LogP contribution < -0.4 is 0 Å². The fourth-order valence-electron chi connectivity index (χ4n) is 6.47. The van der Waals surface area contributed by atoms with Crippen molar-refractivity contribution in [3.63, 3.8) is 0 Å². The van der Waals surface area contributed by atoms with Gasteiger partial charge in [-0.05, 0) is 51.0 Å². The van der Waals surface area contributed by atoms with Crippen molar-refractivity contribution >= 4 is 11.9 Å². The molecule has 49 heavy (non-hydrogen) atoms. The monoisotopic (exact) mass is 687 g/mol. The molecule has 0 spiro atoms. The molecule has 0 fully saturated rings. The predicted octanol–water partition coefficient (Wildman–Crippen LogP) is 15.0. The Morgan fingerprint density at radius 1 is 0.469 bits per heavy atom. The summed E-state index contributed by atoms with van der Waals surface area (Å²) >= 11 is 0. The Labute approximate surface area is 305 Å². The SMILES string of the molecule is CC/C=C\C/C=C\C/C=C\C(CCCCCCCCC(=O)O)OC(=O)CCCCCCCCCCCCCCCCCCCCCCCC. The Hall–Kier alpha value is -1.84. The minimum Gasteiger partial charge on any atom is -0.481 e. The maximum Gasteiger partial charge on any atom is 0.306 e. The molecule has 4 nitrogen and oxygen atoms in total. The van der Waals surface area contributed by atoms with Crippen molar-refractivity contribution in [2.24, 2.45) is 0 Å². The third kappa shape index (κ3) is 40.5. The number of unbranched alkanes of at least 4 members (excludes halogenated alkanes) is 26. The summed E-state index contributed by atoms with van der Waals surface area (Å²) in [6.45, 7) is 4.44. The molecule has 0 amide bonds. The molecular weight excluding hydrogens is 604 g/mol. The predicted molar refractivity (Wildman–Crippen MR) is 213 cm³/mol. The van der Waals surface area contributed by atoms with Crippen LogP contribution in [0.1, 0.15) is 232 Å².